The Morgan fingerprint density at radius 3 is 2.78 bits per heavy atom. The Morgan fingerprint density at radius 2 is 2.07 bits per heavy atom. The fourth-order valence-electron chi connectivity index (χ4n) is 4.52. The number of aromatic nitrogens is 3. The average molecular weight is 597 g/mol. The molecule has 1 aliphatic heterocycles. The van der Waals surface area contributed by atoms with E-state index in [1.165, 1.54) is 47.9 Å². The summed E-state index contributed by atoms with van der Waals surface area (Å²) in [6.07, 6.45) is 1.49. The number of methoxy groups -OCH3 is 1. The van der Waals surface area contributed by atoms with Crippen molar-refractivity contribution in [2.24, 2.45) is 0 Å². The highest BCUT2D eigenvalue weighted by molar-refractivity contribution is 7.10. The summed E-state index contributed by atoms with van der Waals surface area (Å²) in [5.74, 6) is -0.803. The minimum atomic E-state index is -0.891. The molecule has 2 aromatic heterocycles. The number of nitrogens with one attached hydrogen (secondary N) is 2. The maximum Gasteiger partial charge on any atom is 0.255 e. The summed E-state index contributed by atoms with van der Waals surface area (Å²) < 4.78 is 23.3. The smallest absolute Gasteiger partial charge is 0.255 e. The van der Waals surface area contributed by atoms with Crippen LogP contribution in [0.15, 0.2) is 48.7 Å². The number of aryl methyl sites for hydroxylation is 1. The molecule has 10 nitrogen and oxygen atoms in total. The van der Waals surface area contributed by atoms with Crippen LogP contribution in [0.1, 0.15) is 40.1 Å². The Morgan fingerprint density at radius 1 is 1.27 bits per heavy atom. The minimum absolute atomic E-state index is 0.218. The van der Waals surface area contributed by atoms with Crippen molar-refractivity contribution in [3.8, 4) is 17.0 Å². The van der Waals surface area contributed by atoms with Crippen LogP contribution >= 0.6 is 23.1 Å². The summed E-state index contributed by atoms with van der Waals surface area (Å²) >= 11 is 7.71. The minimum Gasteiger partial charge on any atom is -0.497 e. The van der Waals surface area contributed by atoms with Gasteiger partial charge in [0.2, 0.25) is 11.9 Å². The van der Waals surface area contributed by atoms with Crippen LogP contribution in [0.25, 0.3) is 11.3 Å². The number of aliphatic hydroxyl groups is 1. The van der Waals surface area contributed by atoms with Gasteiger partial charge in [-0.3, -0.25) is 9.59 Å². The zero-order chi connectivity index (χ0) is 29.3. The molecule has 2 amide bonds. The molecule has 0 bridgehead atoms. The molecule has 0 aliphatic carbocycles. The van der Waals surface area contributed by atoms with Crippen LogP contribution in [-0.2, 0) is 11.3 Å². The van der Waals surface area contributed by atoms with Gasteiger partial charge in [-0.1, -0.05) is 23.7 Å². The number of rotatable bonds is 9. The fraction of sp³-hybridized carbons (Fsp3) is 0.250. The molecule has 0 saturated heterocycles. The van der Waals surface area contributed by atoms with E-state index in [1.807, 2.05) is 19.1 Å². The number of halogens is 2. The number of fused-ring (bicyclic) bond motifs is 1. The lowest BCUT2D eigenvalue weighted by molar-refractivity contribution is -0.126. The van der Waals surface area contributed by atoms with Gasteiger partial charge in [-0.25, -0.2) is 14.4 Å². The first-order valence-electron chi connectivity index (χ1n) is 12.6. The summed E-state index contributed by atoms with van der Waals surface area (Å²) in [7, 11) is 1.40. The number of carbonyl (C=O) groups excluding carboxylic acids is 2. The molecule has 13 heteroatoms. The third kappa shape index (κ3) is 5.99. The summed E-state index contributed by atoms with van der Waals surface area (Å²) in [5, 5.41) is 16.8. The SMILES string of the molecule is COc1cc(F)cc([C@@H](CO)NC(=O)[C@@H](C)N2Cc3ccc(-c4nc(Nc5cc(C)ns5)ncc4Cl)cc3C2=O)c1. The number of hydrogen-bond acceptors (Lipinski definition) is 9. The number of nitrogens with zero attached hydrogens (tertiary/aromatic N) is 4. The van der Waals surface area contributed by atoms with E-state index in [1.54, 1.807) is 19.1 Å². The van der Waals surface area contributed by atoms with Crippen molar-refractivity contribution in [1.82, 2.24) is 24.6 Å². The molecule has 0 fully saturated rings. The van der Waals surface area contributed by atoms with Crippen LogP contribution < -0.4 is 15.4 Å². The highest BCUT2D eigenvalue weighted by atomic mass is 35.5. The number of aliphatic hydroxyl groups excluding tert-OH is 1. The fourth-order valence-corrected chi connectivity index (χ4v) is 5.37. The summed E-state index contributed by atoms with van der Waals surface area (Å²) in [5.41, 5.74) is 3.45. The maximum atomic E-state index is 14.0. The Labute approximate surface area is 244 Å². The molecule has 41 heavy (non-hydrogen) atoms. The molecular weight excluding hydrogens is 571 g/mol. The van der Waals surface area contributed by atoms with Crippen molar-refractivity contribution < 1.29 is 23.8 Å². The van der Waals surface area contributed by atoms with E-state index in [9.17, 15) is 19.1 Å². The third-order valence-corrected chi connectivity index (χ3v) is 7.77. The molecular formula is C28H26ClFN6O4S. The van der Waals surface area contributed by atoms with Crippen molar-refractivity contribution in [3.05, 3.63) is 81.9 Å². The van der Waals surface area contributed by atoms with Crippen LogP contribution in [0.2, 0.25) is 5.02 Å². The van der Waals surface area contributed by atoms with Crippen LogP contribution in [-0.4, -0.2) is 55.9 Å². The Hall–Kier alpha value is -4.13. The number of ether oxygens (including phenoxy) is 1. The van der Waals surface area contributed by atoms with Gasteiger partial charge in [0.05, 0.1) is 42.4 Å². The second-order valence-corrected chi connectivity index (χ2v) is 10.7. The number of amides is 2. The molecule has 0 spiro atoms. The van der Waals surface area contributed by atoms with Crippen molar-refractivity contribution in [1.29, 1.82) is 0 Å². The quantitative estimate of drug-likeness (QED) is 0.255. The van der Waals surface area contributed by atoms with Crippen LogP contribution in [0.3, 0.4) is 0 Å². The lowest BCUT2D eigenvalue weighted by Gasteiger charge is -2.26. The van der Waals surface area contributed by atoms with Crippen LogP contribution in [0, 0.1) is 12.7 Å². The van der Waals surface area contributed by atoms with E-state index in [2.05, 4.69) is 25.0 Å². The monoisotopic (exact) mass is 596 g/mol. The van der Waals surface area contributed by atoms with E-state index >= 15 is 0 Å². The molecule has 1 aliphatic rings. The van der Waals surface area contributed by atoms with Gasteiger partial charge in [-0.05, 0) is 60.8 Å². The molecule has 0 unspecified atom stereocenters. The number of carbonyl (C=O) groups is 2. The second kappa shape index (κ2) is 11.8. The zero-order valence-electron chi connectivity index (χ0n) is 22.3. The molecule has 212 valence electrons. The van der Waals surface area contributed by atoms with Gasteiger partial charge in [0.15, 0.2) is 0 Å². The number of benzene rings is 2. The molecule has 5 rings (SSSR count). The number of hydrogen-bond donors (Lipinski definition) is 3. The Kier molecular flexibility index (Phi) is 8.15. The first-order chi connectivity index (χ1) is 19.7. The molecule has 0 saturated carbocycles. The van der Waals surface area contributed by atoms with Gasteiger partial charge in [0, 0.05) is 23.7 Å². The van der Waals surface area contributed by atoms with E-state index in [0.717, 1.165) is 16.3 Å². The van der Waals surface area contributed by atoms with Gasteiger partial charge in [-0.15, -0.1) is 0 Å². The predicted molar refractivity (Wildman–Crippen MR) is 153 cm³/mol. The molecule has 3 N–H and O–H groups in total. The molecule has 0 radical (unpaired) electrons. The predicted octanol–water partition coefficient (Wildman–Crippen LogP) is 4.65. The Balaban J connectivity index is 1.33. The topological polar surface area (TPSA) is 130 Å². The van der Waals surface area contributed by atoms with Crippen molar-refractivity contribution in [2.75, 3.05) is 19.0 Å². The largest absolute Gasteiger partial charge is 0.497 e. The molecule has 3 heterocycles. The van der Waals surface area contributed by atoms with Crippen molar-refractivity contribution >= 4 is 45.9 Å². The van der Waals surface area contributed by atoms with E-state index < -0.39 is 30.4 Å². The van der Waals surface area contributed by atoms with E-state index in [4.69, 9.17) is 16.3 Å². The zero-order valence-corrected chi connectivity index (χ0v) is 23.9. The van der Waals surface area contributed by atoms with E-state index in [0.29, 0.717) is 33.4 Å². The highest BCUT2D eigenvalue weighted by Gasteiger charge is 2.35. The molecule has 4 aromatic rings. The third-order valence-electron chi connectivity index (χ3n) is 6.70. The van der Waals surface area contributed by atoms with Gasteiger partial charge < -0.3 is 25.4 Å². The molecule has 2 aromatic carbocycles. The van der Waals surface area contributed by atoms with Crippen molar-refractivity contribution in [2.45, 2.75) is 32.5 Å². The van der Waals surface area contributed by atoms with Crippen molar-refractivity contribution in [3.63, 3.8) is 0 Å². The van der Waals surface area contributed by atoms with Crippen LogP contribution in [0.4, 0.5) is 15.3 Å². The lowest BCUT2D eigenvalue weighted by atomic mass is 10.0. The van der Waals surface area contributed by atoms with Gasteiger partial charge in [0.1, 0.15) is 22.6 Å². The highest BCUT2D eigenvalue weighted by Crippen LogP contribution is 2.33. The van der Waals surface area contributed by atoms with Crippen LogP contribution in [0.5, 0.6) is 5.75 Å². The molecule has 2 atom stereocenters. The van der Waals surface area contributed by atoms with Gasteiger partial charge in [-0.2, -0.15) is 4.37 Å². The van der Waals surface area contributed by atoms with Gasteiger partial charge >= 0.3 is 0 Å². The maximum absolute atomic E-state index is 14.0. The summed E-state index contributed by atoms with van der Waals surface area (Å²) in [6, 6.07) is 9.38. The van der Waals surface area contributed by atoms with E-state index in [-0.39, 0.29) is 18.2 Å². The summed E-state index contributed by atoms with van der Waals surface area (Å²) in [6.45, 7) is 3.23. The second-order valence-electron chi connectivity index (χ2n) is 9.50. The Bertz CT molecular complexity index is 1630. The first-order valence-corrected chi connectivity index (χ1v) is 13.7. The first kappa shape index (κ1) is 28.4. The normalized spacial score (nSPS) is 14.0. The van der Waals surface area contributed by atoms with Gasteiger partial charge in [0.25, 0.3) is 5.91 Å². The summed E-state index contributed by atoms with van der Waals surface area (Å²) in [4.78, 5) is 36.8. The average Bonchev–Trinajstić information content (AvgIpc) is 3.53. The lowest BCUT2D eigenvalue weighted by Crippen LogP contribution is -2.46. The number of anilines is 2. The standard InChI is InChI=1S/C28H26ClFN6O4S/c1-14-6-24(41-35-14)33-28-31-11-22(29)25(34-28)16-4-5-17-12-36(27(39)21(17)9-16)15(2)26(38)32-23(13-37)18-7-19(30)10-20(8-18)40-3/h4-11,15,23,37H,12-13H2,1-3H3,(H,32,38)(H,31,33,34)/t15-,23-/m1/s1.